The molecule has 1 aliphatic rings. The monoisotopic (exact) mass is 453 g/mol. The number of sulfonamides is 1. The molecule has 0 atom stereocenters. The second-order valence-electron chi connectivity index (χ2n) is 7.35. The molecule has 0 spiro atoms. The predicted molar refractivity (Wildman–Crippen MR) is 118 cm³/mol. The van der Waals surface area contributed by atoms with Crippen LogP contribution in [0.4, 0.5) is 0 Å². The summed E-state index contributed by atoms with van der Waals surface area (Å²) in [5.74, 6) is -0.619. The summed E-state index contributed by atoms with van der Waals surface area (Å²) < 4.78 is 28.3. The fourth-order valence-electron chi connectivity index (χ4n) is 3.38. The second-order valence-corrected chi connectivity index (χ2v) is 9.29. The van der Waals surface area contributed by atoms with Gasteiger partial charge >= 0.3 is 0 Å². The zero-order chi connectivity index (χ0) is 22.6. The number of benzene rings is 2. The van der Waals surface area contributed by atoms with Crippen LogP contribution in [0.1, 0.15) is 15.9 Å². The Morgan fingerprint density at radius 1 is 1.09 bits per heavy atom. The molecule has 0 unspecified atom stereocenters. The first-order valence-electron chi connectivity index (χ1n) is 10.2. The molecular weight excluding hydrogens is 430 g/mol. The highest BCUT2D eigenvalue weighted by molar-refractivity contribution is 7.89. The molecule has 0 radical (unpaired) electrons. The average Bonchev–Trinajstić information content (AvgIpc) is 3.29. The van der Waals surface area contributed by atoms with Crippen molar-refractivity contribution in [1.29, 1.82) is 0 Å². The lowest BCUT2D eigenvalue weighted by Crippen LogP contribution is -2.49. The van der Waals surface area contributed by atoms with Gasteiger partial charge in [-0.25, -0.2) is 13.1 Å². The van der Waals surface area contributed by atoms with Crippen molar-refractivity contribution in [3.8, 4) is 5.69 Å². The van der Waals surface area contributed by atoms with E-state index in [4.69, 9.17) is 0 Å². The van der Waals surface area contributed by atoms with Gasteiger partial charge in [-0.1, -0.05) is 18.2 Å². The van der Waals surface area contributed by atoms with Crippen molar-refractivity contribution in [2.45, 2.75) is 11.3 Å². The van der Waals surface area contributed by atoms with E-state index in [1.54, 1.807) is 10.9 Å². The molecule has 9 nitrogen and oxygen atoms in total. The Balaban J connectivity index is 1.32. The van der Waals surface area contributed by atoms with Crippen LogP contribution < -0.4 is 10.6 Å². The van der Waals surface area contributed by atoms with Crippen LogP contribution in [0.25, 0.3) is 5.69 Å². The molecule has 32 heavy (non-hydrogen) atoms. The van der Waals surface area contributed by atoms with Crippen LogP contribution in [-0.2, 0) is 21.2 Å². The lowest BCUT2D eigenvalue weighted by atomic mass is 10.2. The third kappa shape index (κ3) is 4.87. The summed E-state index contributed by atoms with van der Waals surface area (Å²) in [7, 11) is -3.78. The molecule has 2 heterocycles. The summed E-state index contributed by atoms with van der Waals surface area (Å²) in [6.07, 6.45) is 4.30. The lowest BCUT2D eigenvalue weighted by Gasteiger charge is -2.25. The molecule has 10 heteroatoms. The summed E-state index contributed by atoms with van der Waals surface area (Å²) in [4.78, 5) is 24.0. The number of para-hydroxylation sites is 1. The number of nitrogens with zero attached hydrogens (tertiary/aromatic N) is 3. The van der Waals surface area contributed by atoms with Crippen LogP contribution >= 0.6 is 0 Å². The average molecular weight is 454 g/mol. The van der Waals surface area contributed by atoms with Crippen LogP contribution in [-0.4, -0.2) is 60.5 Å². The van der Waals surface area contributed by atoms with Gasteiger partial charge in [-0.3, -0.25) is 9.59 Å². The summed E-state index contributed by atoms with van der Waals surface area (Å²) in [5.41, 5.74) is 2.31. The first-order chi connectivity index (χ1) is 15.4. The van der Waals surface area contributed by atoms with E-state index < -0.39 is 10.0 Å². The van der Waals surface area contributed by atoms with Crippen molar-refractivity contribution in [3.63, 3.8) is 0 Å². The highest BCUT2D eigenvalue weighted by Crippen LogP contribution is 2.17. The molecule has 1 saturated heterocycles. The molecule has 2 N–H and O–H groups in total. The number of amides is 2. The highest BCUT2D eigenvalue weighted by Gasteiger charge is 2.29. The van der Waals surface area contributed by atoms with E-state index >= 15 is 0 Å². The van der Waals surface area contributed by atoms with Crippen LogP contribution in [0, 0.1) is 0 Å². The van der Waals surface area contributed by atoms with Crippen LogP contribution in [0.2, 0.25) is 0 Å². The van der Waals surface area contributed by atoms with Crippen molar-refractivity contribution < 1.29 is 18.0 Å². The molecule has 0 aliphatic carbocycles. The van der Waals surface area contributed by atoms with E-state index in [9.17, 15) is 18.0 Å². The van der Waals surface area contributed by atoms with Crippen LogP contribution in [0.3, 0.4) is 0 Å². The van der Waals surface area contributed by atoms with E-state index in [2.05, 4.69) is 15.7 Å². The molecule has 0 bridgehead atoms. The van der Waals surface area contributed by atoms with Gasteiger partial charge < -0.3 is 10.6 Å². The first kappa shape index (κ1) is 21.7. The fraction of sp³-hybridized carbons (Fsp3) is 0.227. The molecule has 3 aromatic rings. The Morgan fingerprint density at radius 3 is 2.56 bits per heavy atom. The number of hydrogen-bond donors (Lipinski definition) is 2. The number of piperazine rings is 1. The number of nitrogens with one attached hydrogen (secondary N) is 2. The lowest BCUT2D eigenvalue weighted by molar-refractivity contribution is -0.122. The van der Waals surface area contributed by atoms with Gasteiger partial charge in [0.05, 0.1) is 23.3 Å². The van der Waals surface area contributed by atoms with E-state index in [1.807, 2.05) is 36.5 Å². The third-order valence-corrected chi connectivity index (χ3v) is 6.97. The van der Waals surface area contributed by atoms with Gasteiger partial charge in [0.2, 0.25) is 15.9 Å². The maximum atomic E-state index is 12.7. The van der Waals surface area contributed by atoms with Gasteiger partial charge in [-0.05, 0) is 48.4 Å². The molecule has 1 aliphatic heterocycles. The van der Waals surface area contributed by atoms with Gasteiger partial charge in [-0.15, -0.1) is 0 Å². The second kappa shape index (κ2) is 9.33. The standard InChI is InChI=1S/C22H23N5O4S/c28-21-16-26(13-12-23-21)32(30,31)20-8-6-18(7-9-20)22(29)24-11-10-17-14-25-27(15-17)19-4-2-1-3-5-19/h1-9,14-15H,10-13,16H2,(H,23,28)(H,24,29). The molecule has 2 amide bonds. The predicted octanol–water partition coefficient (Wildman–Crippen LogP) is 0.965. The fourth-order valence-corrected chi connectivity index (χ4v) is 4.78. The van der Waals surface area contributed by atoms with Crippen molar-refractivity contribution >= 4 is 21.8 Å². The maximum absolute atomic E-state index is 12.7. The SMILES string of the molecule is O=C1CN(S(=O)(=O)c2ccc(C(=O)NCCc3cnn(-c4ccccc4)c3)cc2)CCN1. The quantitative estimate of drug-likeness (QED) is 0.553. The van der Waals surface area contributed by atoms with E-state index in [-0.39, 0.29) is 36.3 Å². The Bertz CT molecular complexity index is 1210. The third-order valence-electron chi connectivity index (χ3n) is 5.11. The minimum Gasteiger partial charge on any atom is -0.354 e. The van der Waals surface area contributed by atoms with Crippen molar-refractivity contribution in [2.75, 3.05) is 26.2 Å². The van der Waals surface area contributed by atoms with Gasteiger partial charge in [-0.2, -0.15) is 9.40 Å². The summed E-state index contributed by atoms with van der Waals surface area (Å²) in [6.45, 7) is 0.716. The Kier molecular flexibility index (Phi) is 6.33. The number of rotatable bonds is 7. The van der Waals surface area contributed by atoms with Gasteiger partial charge in [0.25, 0.3) is 5.91 Å². The minimum absolute atomic E-state index is 0.0528. The Hall–Kier alpha value is -3.50. The summed E-state index contributed by atoms with van der Waals surface area (Å²) in [5, 5.41) is 9.77. The molecule has 1 aromatic heterocycles. The molecule has 4 rings (SSSR count). The first-order valence-corrected chi connectivity index (χ1v) is 11.6. The minimum atomic E-state index is -3.78. The smallest absolute Gasteiger partial charge is 0.251 e. The molecule has 1 fully saturated rings. The number of carbonyl (C=O) groups is 2. The molecule has 0 saturated carbocycles. The molecular formula is C22H23N5O4S. The van der Waals surface area contributed by atoms with Crippen LogP contribution in [0.5, 0.6) is 0 Å². The zero-order valence-electron chi connectivity index (χ0n) is 17.3. The Labute approximate surface area is 186 Å². The van der Waals surface area contributed by atoms with Gasteiger partial charge in [0.1, 0.15) is 0 Å². The van der Waals surface area contributed by atoms with Crippen molar-refractivity contribution in [2.24, 2.45) is 0 Å². The van der Waals surface area contributed by atoms with E-state index in [0.717, 1.165) is 15.6 Å². The van der Waals surface area contributed by atoms with Crippen molar-refractivity contribution in [1.82, 2.24) is 24.7 Å². The molecule has 166 valence electrons. The van der Waals surface area contributed by atoms with Crippen molar-refractivity contribution in [3.05, 3.63) is 78.1 Å². The van der Waals surface area contributed by atoms with E-state index in [0.29, 0.717) is 18.5 Å². The van der Waals surface area contributed by atoms with Gasteiger partial charge in [0, 0.05) is 31.4 Å². The topological polar surface area (TPSA) is 113 Å². The van der Waals surface area contributed by atoms with Gasteiger partial charge in [0.15, 0.2) is 0 Å². The molecule has 2 aromatic carbocycles. The Morgan fingerprint density at radius 2 is 1.84 bits per heavy atom. The van der Waals surface area contributed by atoms with Crippen LogP contribution in [0.15, 0.2) is 71.9 Å². The maximum Gasteiger partial charge on any atom is 0.251 e. The summed E-state index contributed by atoms with van der Waals surface area (Å²) in [6, 6.07) is 15.5. The zero-order valence-corrected chi connectivity index (χ0v) is 18.1. The number of hydrogen-bond acceptors (Lipinski definition) is 5. The van der Waals surface area contributed by atoms with E-state index in [1.165, 1.54) is 24.3 Å². The number of aromatic nitrogens is 2. The largest absolute Gasteiger partial charge is 0.354 e. The highest BCUT2D eigenvalue weighted by atomic mass is 32.2. The summed E-state index contributed by atoms with van der Waals surface area (Å²) >= 11 is 0. The normalized spacial score (nSPS) is 14.7. The number of carbonyl (C=O) groups excluding carboxylic acids is 2.